The minimum atomic E-state index is -4.19. The molecule has 0 amide bonds. The number of hydrogen-bond donors (Lipinski definition) is 2. The number of carbonyl (C=O) groups is 2. The Bertz CT molecular complexity index is 1410. The molecule has 0 heterocycles. The van der Waals surface area contributed by atoms with Crippen molar-refractivity contribution in [1.29, 1.82) is 0 Å². The first-order valence-corrected chi connectivity index (χ1v) is 10.8. The fraction of sp³-hybridized carbons (Fsp3) is 0. The smallest absolute Gasteiger partial charge is 0.335 e. The molecule has 3 aromatic carbocycles. The molecule has 0 bridgehead atoms. The van der Waals surface area contributed by atoms with E-state index < -0.39 is 27.6 Å². The Morgan fingerprint density at radius 3 is 2.31 bits per heavy atom. The number of Topliss-reactive ketones (excluding diaryl/α,β-unsaturated/α-hetero) is 1. The summed E-state index contributed by atoms with van der Waals surface area (Å²) in [4.78, 5) is 24.0. The topological polar surface area (TPSA) is 113 Å². The normalized spacial score (nSPS) is 14.6. The molecule has 0 atom stereocenters. The van der Waals surface area contributed by atoms with Crippen molar-refractivity contribution >= 4 is 33.2 Å². The number of carbonyl (C=O) groups excluding carboxylic acids is 1. The molecule has 1 aliphatic carbocycles. The van der Waals surface area contributed by atoms with Gasteiger partial charge in [-0.25, -0.2) is 9.18 Å². The van der Waals surface area contributed by atoms with Gasteiger partial charge in [-0.3, -0.25) is 4.79 Å². The van der Waals surface area contributed by atoms with Gasteiger partial charge in [0.05, 0.1) is 21.9 Å². The van der Waals surface area contributed by atoms with Crippen molar-refractivity contribution < 1.29 is 27.5 Å². The van der Waals surface area contributed by atoms with Gasteiger partial charge in [0.25, 0.3) is 10.0 Å². The number of sulfonamides is 1. The number of halogens is 1. The molecule has 32 heavy (non-hydrogen) atoms. The number of carboxylic acids is 1. The molecule has 4 rings (SSSR count). The van der Waals surface area contributed by atoms with Crippen molar-refractivity contribution in [3.63, 3.8) is 0 Å². The number of benzene rings is 3. The van der Waals surface area contributed by atoms with Crippen molar-refractivity contribution in [2.24, 2.45) is 4.40 Å². The summed E-state index contributed by atoms with van der Waals surface area (Å²) in [5, 5.41) is 12.0. The number of ketones is 1. The molecule has 160 valence electrons. The number of nitrogens with zero attached hydrogens (tertiary/aromatic N) is 1. The van der Waals surface area contributed by atoms with E-state index in [1.54, 1.807) is 30.3 Å². The van der Waals surface area contributed by atoms with Crippen LogP contribution >= 0.6 is 0 Å². The summed E-state index contributed by atoms with van der Waals surface area (Å²) in [7, 11) is -4.19. The van der Waals surface area contributed by atoms with Crippen molar-refractivity contribution in [2.75, 3.05) is 5.32 Å². The molecule has 7 nitrogen and oxygen atoms in total. The third-order valence-corrected chi connectivity index (χ3v) is 6.00. The molecule has 0 saturated carbocycles. The first kappa shape index (κ1) is 21.1. The van der Waals surface area contributed by atoms with Crippen LogP contribution in [0, 0.1) is 5.82 Å². The van der Waals surface area contributed by atoms with Crippen LogP contribution in [0.5, 0.6) is 0 Å². The molecule has 2 N–H and O–H groups in total. The molecule has 0 aliphatic heterocycles. The number of fused-ring (bicyclic) bond motifs is 1. The Balaban J connectivity index is 1.80. The van der Waals surface area contributed by atoms with Gasteiger partial charge >= 0.3 is 5.97 Å². The zero-order chi connectivity index (χ0) is 22.9. The molecule has 3 aromatic rings. The lowest BCUT2D eigenvalue weighted by Crippen LogP contribution is -2.22. The first-order valence-electron chi connectivity index (χ1n) is 9.31. The molecule has 0 fully saturated rings. The van der Waals surface area contributed by atoms with E-state index in [0.29, 0.717) is 11.3 Å². The Morgan fingerprint density at radius 1 is 0.938 bits per heavy atom. The van der Waals surface area contributed by atoms with E-state index in [2.05, 4.69) is 9.71 Å². The molecule has 0 spiro atoms. The number of hydrogen-bond acceptors (Lipinski definition) is 5. The second-order valence-corrected chi connectivity index (χ2v) is 8.45. The summed E-state index contributed by atoms with van der Waals surface area (Å²) >= 11 is 0. The van der Waals surface area contributed by atoms with Crippen LogP contribution in [0.2, 0.25) is 0 Å². The Kier molecular flexibility index (Phi) is 5.41. The van der Waals surface area contributed by atoms with Crippen molar-refractivity contribution in [2.45, 2.75) is 4.90 Å². The zero-order valence-electron chi connectivity index (χ0n) is 16.3. The van der Waals surface area contributed by atoms with Gasteiger partial charge in [0.15, 0.2) is 0 Å². The number of rotatable bonds is 5. The zero-order valence-corrected chi connectivity index (χ0v) is 17.1. The highest BCUT2D eigenvalue weighted by molar-refractivity contribution is 7.90. The Hall–Kier alpha value is -4.11. The van der Waals surface area contributed by atoms with E-state index in [1.807, 2.05) is 0 Å². The standard InChI is InChI=1S/C23H15FN2O5S/c24-15-8-10-17(11-9-15)32(30,31)26-20-13-21(22(27)19-7-2-1-6-18(19)20)25-16-5-3-4-14(12-16)23(28)29/h1-13,25H,(H,28,29)/b26-20+. The monoisotopic (exact) mass is 450 g/mol. The second-order valence-electron chi connectivity index (χ2n) is 6.85. The number of carboxylic acid groups (broad SMARTS) is 1. The average molecular weight is 450 g/mol. The maximum absolute atomic E-state index is 13.2. The third kappa shape index (κ3) is 4.19. The quantitative estimate of drug-likeness (QED) is 0.610. The molecular formula is C23H15FN2O5S. The summed E-state index contributed by atoms with van der Waals surface area (Å²) in [6.45, 7) is 0. The van der Waals surface area contributed by atoms with Gasteiger partial charge in [-0.2, -0.15) is 12.8 Å². The van der Waals surface area contributed by atoms with Crippen LogP contribution in [0.25, 0.3) is 0 Å². The van der Waals surface area contributed by atoms with Gasteiger partial charge in [0.2, 0.25) is 5.78 Å². The average Bonchev–Trinajstić information content (AvgIpc) is 2.77. The predicted octanol–water partition coefficient (Wildman–Crippen LogP) is 3.89. The van der Waals surface area contributed by atoms with E-state index in [-0.39, 0.29) is 27.4 Å². The van der Waals surface area contributed by atoms with Crippen LogP contribution in [-0.4, -0.2) is 31.0 Å². The molecular weight excluding hydrogens is 435 g/mol. The van der Waals surface area contributed by atoms with Crippen molar-refractivity contribution in [3.05, 3.63) is 107 Å². The molecule has 1 aliphatic rings. The minimum Gasteiger partial charge on any atom is -0.478 e. The van der Waals surface area contributed by atoms with Gasteiger partial charge < -0.3 is 10.4 Å². The van der Waals surface area contributed by atoms with E-state index in [4.69, 9.17) is 0 Å². The van der Waals surface area contributed by atoms with Gasteiger partial charge in [0.1, 0.15) is 5.82 Å². The number of nitrogens with one attached hydrogen (secondary N) is 1. The van der Waals surface area contributed by atoms with Gasteiger partial charge in [0, 0.05) is 16.8 Å². The van der Waals surface area contributed by atoms with Gasteiger partial charge in [-0.1, -0.05) is 30.3 Å². The fourth-order valence-electron chi connectivity index (χ4n) is 3.17. The fourth-order valence-corrected chi connectivity index (χ4v) is 4.17. The largest absolute Gasteiger partial charge is 0.478 e. The third-order valence-electron chi connectivity index (χ3n) is 4.69. The summed E-state index contributed by atoms with van der Waals surface area (Å²) in [6.07, 6.45) is 1.29. The van der Waals surface area contributed by atoms with E-state index in [0.717, 1.165) is 24.3 Å². The van der Waals surface area contributed by atoms with Crippen LogP contribution in [0.3, 0.4) is 0 Å². The van der Waals surface area contributed by atoms with Crippen LogP contribution in [0.15, 0.2) is 93.9 Å². The van der Waals surface area contributed by atoms with Crippen molar-refractivity contribution in [1.82, 2.24) is 0 Å². The second kappa shape index (κ2) is 8.20. The highest BCUT2D eigenvalue weighted by Gasteiger charge is 2.26. The van der Waals surface area contributed by atoms with Crippen LogP contribution < -0.4 is 5.32 Å². The predicted molar refractivity (Wildman–Crippen MR) is 116 cm³/mol. The summed E-state index contributed by atoms with van der Waals surface area (Å²) in [6, 6.07) is 16.5. The maximum Gasteiger partial charge on any atom is 0.335 e. The van der Waals surface area contributed by atoms with E-state index >= 15 is 0 Å². The summed E-state index contributed by atoms with van der Waals surface area (Å²) in [5.74, 6) is -2.12. The van der Waals surface area contributed by atoms with E-state index in [1.165, 1.54) is 24.3 Å². The Labute approximate surface area is 182 Å². The first-order chi connectivity index (χ1) is 15.2. The Morgan fingerprint density at radius 2 is 1.62 bits per heavy atom. The number of aromatic carboxylic acids is 1. The minimum absolute atomic E-state index is 0.0152. The molecule has 9 heteroatoms. The maximum atomic E-state index is 13.2. The molecule has 0 saturated heterocycles. The highest BCUT2D eigenvalue weighted by Crippen LogP contribution is 2.25. The lowest BCUT2D eigenvalue weighted by molar-refractivity contribution is 0.0696. The van der Waals surface area contributed by atoms with Crippen LogP contribution in [0.1, 0.15) is 26.3 Å². The van der Waals surface area contributed by atoms with Crippen LogP contribution in [0.4, 0.5) is 10.1 Å². The lowest BCUT2D eigenvalue weighted by atomic mass is 9.92. The van der Waals surface area contributed by atoms with Crippen molar-refractivity contribution in [3.8, 4) is 0 Å². The molecule has 0 unspecified atom stereocenters. The number of anilines is 1. The van der Waals surface area contributed by atoms with Gasteiger partial charge in [-0.05, 0) is 48.5 Å². The summed E-state index contributed by atoms with van der Waals surface area (Å²) < 4.78 is 42.6. The highest BCUT2D eigenvalue weighted by atomic mass is 32.2. The number of allylic oxidation sites excluding steroid dienone is 2. The van der Waals surface area contributed by atoms with E-state index in [9.17, 15) is 27.5 Å². The summed E-state index contributed by atoms with van der Waals surface area (Å²) in [5.41, 5.74) is 0.963. The molecule has 0 aromatic heterocycles. The SMILES string of the molecule is O=C(O)c1cccc(NC2=C/C(=N\S(=O)(=O)c3ccc(F)cc3)c3ccccc3C2=O)c1. The molecule has 0 radical (unpaired) electrons. The van der Waals surface area contributed by atoms with Crippen LogP contribution in [-0.2, 0) is 10.0 Å². The lowest BCUT2D eigenvalue weighted by Gasteiger charge is -2.19. The van der Waals surface area contributed by atoms with Gasteiger partial charge in [-0.15, -0.1) is 0 Å².